The Kier molecular flexibility index (Phi) is 11.2. The molecule has 0 aromatic heterocycles. The predicted octanol–water partition coefficient (Wildman–Crippen LogP) is 6.93. The third-order valence-electron chi connectivity index (χ3n) is 10.4. The number of ether oxygens (including phenoxy) is 2. The second kappa shape index (κ2) is 15.0. The van der Waals surface area contributed by atoms with Crippen LogP contribution in [0.1, 0.15) is 65.0 Å². The molecule has 1 aliphatic carbocycles. The maximum Gasteiger partial charge on any atom is 0.203 e. The molecule has 1 aliphatic heterocycles. The maximum atomic E-state index is 14.7. The van der Waals surface area contributed by atoms with E-state index in [-0.39, 0.29) is 10.8 Å². The summed E-state index contributed by atoms with van der Waals surface area (Å²) in [5.41, 5.74) is 5.53. The third-order valence-corrected chi connectivity index (χ3v) is 12.6. The summed E-state index contributed by atoms with van der Waals surface area (Å²) in [4.78, 5) is 6.80. The summed E-state index contributed by atoms with van der Waals surface area (Å²) in [5, 5.41) is 0. The van der Waals surface area contributed by atoms with Crippen LogP contribution in [0.15, 0.2) is 124 Å². The molecule has 6 nitrogen and oxygen atoms in total. The monoisotopic (exact) mass is 681 g/mol. The van der Waals surface area contributed by atoms with Crippen LogP contribution < -0.4 is 9.89 Å². The maximum absolute atomic E-state index is 14.7. The number of rotatable bonds is 14. The van der Waals surface area contributed by atoms with Gasteiger partial charge in [-0.25, -0.2) is 13.4 Å². The van der Waals surface area contributed by atoms with E-state index in [0.717, 1.165) is 24.3 Å². The second-order valence-electron chi connectivity index (χ2n) is 14.5. The molecule has 2 aliphatic rings. The van der Waals surface area contributed by atoms with E-state index in [1.165, 1.54) is 22.5 Å². The van der Waals surface area contributed by atoms with E-state index < -0.39 is 15.3 Å². The van der Waals surface area contributed by atoms with Crippen molar-refractivity contribution in [1.29, 1.82) is 0 Å². The molecule has 0 amide bonds. The topological polar surface area (TPSA) is 69.8 Å². The zero-order valence-electron chi connectivity index (χ0n) is 30.3. The molecule has 0 fully saturated rings. The zero-order valence-corrected chi connectivity index (χ0v) is 31.1. The zero-order chi connectivity index (χ0) is 35.3. The Morgan fingerprint density at radius 3 is 2.20 bits per heavy atom. The number of hydrogen-bond donors (Lipinski definition) is 1. The van der Waals surface area contributed by atoms with Crippen LogP contribution in [0.3, 0.4) is 0 Å². The highest BCUT2D eigenvalue weighted by Gasteiger charge is 2.45. The summed E-state index contributed by atoms with van der Waals surface area (Å²) in [6, 6.07) is 27.8. The molecule has 0 saturated heterocycles. The lowest BCUT2D eigenvalue weighted by molar-refractivity contribution is -0.462. The number of allylic oxidation sites excluding steroid dienone is 6. The van der Waals surface area contributed by atoms with Crippen LogP contribution in [0, 0.1) is 5.41 Å². The van der Waals surface area contributed by atoms with E-state index >= 15 is 0 Å². The molecule has 0 bridgehead atoms. The van der Waals surface area contributed by atoms with Gasteiger partial charge < -0.3 is 14.4 Å². The molecule has 1 N–H and O–H groups in total. The summed E-state index contributed by atoms with van der Waals surface area (Å²) in [6.07, 6.45) is 8.44. The van der Waals surface area contributed by atoms with Gasteiger partial charge in [0.25, 0.3) is 0 Å². The molecule has 3 aromatic carbocycles. The van der Waals surface area contributed by atoms with Crippen molar-refractivity contribution in [3.8, 4) is 0 Å². The van der Waals surface area contributed by atoms with Gasteiger partial charge in [0, 0.05) is 49.1 Å². The number of sulfone groups is 1. The summed E-state index contributed by atoms with van der Waals surface area (Å²) in [7, 11) is -0.366. The van der Waals surface area contributed by atoms with Crippen molar-refractivity contribution in [2.75, 3.05) is 45.4 Å². The van der Waals surface area contributed by atoms with Crippen molar-refractivity contribution in [2.45, 2.75) is 69.6 Å². The molecule has 0 saturated carbocycles. The van der Waals surface area contributed by atoms with E-state index in [1.54, 1.807) is 38.5 Å². The SMILES string of the molecule is COCC[NH+]=C(/C=C/C1=C(S(=O)(=O)c2ccccc2)C(C)(C/C=C2/N(CCOC)c3ccccc3C2(C)C)CC1)C(C)(C)c1ccccc1. The van der Waals surface area contributed by atoms with Crippen LogP contribution in [0.4, 0.5) is 5.69 Å². The van der Waals surface area contributed by atoms with Crippen molar-refractivity contribution in [3.05, 3.63) is 130 Å². The van der Waals surface area contributed by atoms with Gasteiger partial charge in [-0.2, -0.15) is 0 Å². The summed E-state index contributed by atoms with van der Waals surface area (Å²) >= 11 is 0. The number of nitrogens with zero attached hydrogens (tertiary/aromatic N) is 1. The van der Waals surface area contributed by atoms with Crippen molar-refractivity contribution in [1.82, 2.24) is 0 Å². The van der Waals surface area contributed by atoms with Crippen molar-refractivity contribution < 1.29 is 22.9 Å². The average molecular weight is 682 g/mol. The van der Waals surface area contributed by atoms with E-state index in [1.807, 2.05) is 18.2 Å². The second-order valence-corrected chi connectivity index (χ2v) is 16.4. The third kappa shape index (κ3) is 7.40. The minimum Gasteiger partial charge on any atom is -0.383 e. The normalized spacial score (nSPS) is 20.5. The molecular weight excluding hydrogens is 629 g/mol. The molecule has 3 aromatic rings. The van der Waals surface area contributed by atoms with Crippen molar-refractivity contribution in [3.63, 3.8) is 0 Å². The Morgan fingerprint density at radius 2 is 1.53 bits per heavy atom. The van der Waals surface area contributed by atoms with Gasteiger partial charge in [-0.3, -0.25) is 0 Å². The lowest BCUT2D eigenvalue weighted by Crippen LogP contribution is -2.76. The molecule has 0 radical (unpaired) electrons. The molecule has 49 heavy (non-hydrogen) atoms. The Hall–Kier alpha value is -3.78. The standard InChI is InChI=1S/C42H52N2O4S/c1-40(2,33-16-10-8-11-17-33)37(43-28-30-47-6)23-22-32-24-26-42(5,39(32)49(45,46)34-18-12-9-13-19-34)27-25-38-41(3,4)35-20-14-15-21-36(35)44(38)29-31-48-7/h8-23,25H,24,26-31H2,1-7H3/p+1/b23-22+,38-25+,43-37?. The number of nitrogens with one attached hydrogen (secondary N) is 1. The number of methoxy groups -OCH3 is 2. The first kappa shape index (κ1) is 36.5. The molecule has 0 spiro atoms. The van der Waals surface area contributed by atoms with Gasteiger partial charge in [-0.05, 0) is 68.0 Å². The van der Waals surface area contributed by atoms with Gasteiger partial charge in [0.1, 0.15) is 6.61 Å². The number of hydrogen-bond acceptors (Lipinski definition) is 5. The van der Waals surface area contributed by atoms with Gasteiger partial charge in [0.2, 0.25) is 9.84 Å². The molecule has 5 rings (SSSR count). The minimum absolute atomic E-state index is 0.231. The van der Waals surface area contributed by atoms with Gasteiger partial charge in [0.05, 0.1) is 21.8 Å². The first-order valence-corrected chi connectivity index (χ1v) is 18.8. The van der Waals surface area contributed by atoms with Crippen LogP contribution >= 0.6 is 0 Å². The molecule has 1 unspecified atom stereocenters. The van der Waals surface area contributed by atoms with Gasteiger partial charge in [0.15, 0.2) is 12.3 Å². The summed E-state index contributed by atoms with van der Waals surface area (Å²) < 4.78 is 40.2. The lowest BCUT2D eigenvalue weighted by Gasteiger charge is -2.31. The van der Waals surface area contributed by atoms with Gasteiger partial charge >= 0.3 is 0 Å². The molecule has 260 valence electrons. The quantitative estimate of drug-likeness (QED) is 0.148. The van der Waals surface area contributed by atoms with E-state index in [2.05, 4.69) is 105 Å². The highest BCUT2D eigenvalue weighted by Crippen LogP contribution is 2.53. The molecule has 7 heteroatoms. The Morgan fingerprint density at radius 1 is 0.898 bits per heavy atom. The Bertz CT molecular complexity index is 1840. The van der Waals surface area contributed by atoms with E-state index in [0.29, 0.717) is 42.4 Å². The number of para-hydroxylation sites is 1. The van der Waals surface area contributed by atoms with Crippen LogP contribution in [-0.2, 0) is 30.1 Å². The van der Waals surface area contributed by atoms with E-state index in [9.17, 15) is 8.42 Å². The first-order valence-electron chi connectivity index (χ1n) is 17.3. The van der Waals surface area contributed by atoms with Crippen LogP contribution in [-0.4, -0.2) is 54.7 Å². The predicted molar refractivity (Wildman–Crippen MR) is 201 cm³/mol. The highest BCUT2D eigenvalue weighted by atomic mass is 32.2. The van der Waals surface area contributed by atoms with Gasteiger partial charge in [-0.15, -0.1) is 0 Å². The fourth-order valence-corrected chi connectivity index (χ4v) is 9.62. The summed E-state index contributed by atoms with van der Waals surface area (Å²) in [5.74, 6) is 0. The molecule has 1 heterocycles. The lowest BCUT2D eigenvalue weighted by atomic mass is 9.79. The van der Waals surface area contributed by atoms with Crippen LogP contribution in [0.2, 0.25) is 0 Å². The number of fused-ring (bicyclic) bond motifs is 1. The first-order chi connectivity index (χ1) is 23.4. The van der Waals surface area contributed by atoms with Crippen molar-refractivity contribution >= 4 is 21.2 Å². The van der Waals surface area contributed by atoms with Gasteiger partial charge in [-0.1, -0.05) is 99.7 Å². The largest absolute Gasteiger partial charge is 0.383 e. The smallest absolute Gasteiger partial charge is 0.203 e. The average Bonchev–Trinajstić information content (AvgIpc) is 3.55. The van der Waals surface area contributed by atoms with E-state index in [4.69, 9.17) is 9.47 Å². The van der Waals surface area contributed by atoms with Crippen LogP contribution in [0.25, 0.3) is 0 Å². The van der Waals surface area contributed by atoms with Crippen LogP contribution in [0.5, 0.6) is 0 Å². The number of benzene rings is 3. The summed E-state index contributed by atoms with van der Waals surface area (Å²) in [6.45, 7) is 13.6. The fourth-order valence-electron chi connectivity index (χ4n) is 7.52. The van der Waals surface area contributed by atoms with Crippen molar-refractivity contribution in [2.24, 2.45) is 5.41 Å². The highest BCUT2D eigenvalue weighted by molar-refractivity contribution is 7.95. The minimum atomic E-state index is -3.79. The Balaban J connectivity index is 1.60. The molecular formula is C42H53N2O4S+. The number of anilines is 1. The Labute approximate surface area is 294 Å². The fraction of sp³-hybridized carbons (Fsp3) is 0.405. The molecule has 1 atom stereocenters.